The largest absolute Gasteiger partial charge is 0.381 e. The summed E-state index contributed by atoms with van der Waals surface area (Å²) in [7, 11) is 0. The van der Waals surface area contributed by atoms with Gasteiger partial charge in [-0.2, -0.15) is 4.37 Å². The highest BCUT2D eigenvalue weighted by Crippen LogP contribution is 2.24. The molecule has 2 saturated heterocycles. The highest BCUT2D eigenvalue weighted by molar-refractivity contribution is 7.07. The monoisotopic (exact) mass is 402 g/mol. The summed E-state index contributed by atoms with van der Waals surface area (Å²) >= 11 is 1.15. The first kappa shape index (κ1) is 18.6. The van der Waals surface area contributed by atoms with Crippen molar-refractivity contribution in [1.29, 1.82) is 10.8 Å². The molecular formula is C18H19FN6O2S. The number of nitrogens with zero attached hydrogens (tertiary/aromatic N) is 4. The van der Waals surface area contributed by atoms with E-state index in [1.165, 1.54) is 29.2 Å². The second-order valence-electron chi connectivity index (χ2n) is 6.70. The molecule has 10 heteroatoms. The molecule has 1 unspecified atom stereocenters. The van der Waals surface area contributed by atoms with Gasteiger partial charge in [-0.15, -0.1) is 0 Å². The molecule has 146 valence electrons. The van der Waals surface area contributed by atoms with Crippen molar-refractivity contribution in [3.8, 4) is 0 Å². The number of ether oxygens (including phenoxy) is 1. The van der Waals surface area contributed by atoms with Crippen molar-refractivity contribution in [2.45, 2.75) is 12.3 Å². The molecule has 1 aromatic carbocycles. The lowest BCUT2D eigenvalue weighted by atomic mass is 10.1. The van der Waals surface area contributed by atoms with Crippen LogP contribution in [0.2, 0.25) is 0 Å². The summed E-state index contributed by atoms with van der Waals surface area (Å²) in [6.07, 6.45) is 0.878. The maximum Gasteiger partial charge on any atom is 0.254 e. The molecule has 4 rings (SSSR count). The van der Waals surface area contributed by atoms with Gasteiger partial charge >= 0.3 is 0 Å². The number of amidine groups is 2. The van der Waals surface area contributed by atoms with Gasteiger partial charge in [0.2, 0.25) is 0 Å². The average Bonchev–Trinajstić information content (AvgIpc) is 3.39. The van der Waals surface area contributed by atoms with Gasteiger partial charge in [-0.1, -0.05) is 0 Å². The first-order chi connectivity index (χ1) is 13.5. The molecule has 2 aliphatic heterocycles. The Hall–Kier alpha value is -2.72. The minimum Gasteiger partial charge on any atom is -0.381 e. The van der Waals surface area contributed by atoms with Crippen molar-refractivity contribution in [2.75, 3.05) is 32.8 Å². The molecule has 1 amide bonds. The fourth-order valence-electron chi connectivity index (χ4n) is 3.25. The smallest absolute Gasteiger partial charge is 0.254 e. The minimum atomic E-state index is -0.400. The Kier molecular flexibility index (Phi) is 5.14. The Bertz CT molecular complexity index is 909. The number of amides is 1. The number of carbonyl (C=O) groups excluding carboxylic acids is 1. The highest BCUT2D eigenvalue weighted by atomic mass is 32.1. The molecule has 2 fully saturated rings. The fourth-order valence-corrected chi connectivity index (χ4v) is 3.95. The van der Waals surface area contributed by atoms with Crippen LogP contribution in [0, 0.1) is 16.6 Å². The first-order valence-corrected chi connectivity index (χ1v) is 9.70. The standard InChI is InChI=1S/C18H19FN6O2S/c19-13-3-1-11(2-4-13)18(26)24-6-7-25(14(20)9-24)15(21)17-22-16(23-28-17)12-5-8-27-10-12/h1-4,12,20-21H,5-10H2. The number of carbonyl (C=O) groups is 1. The molecule has 2 aromatic rings. The number of aromatic nitrogens is 2. The van der Waals surface area contributed by atoms with Crippen molar-refractivity contribution in [3.63, 3.8) is 0 Å². The third-order valence-electron chi connectivity index (χ3n) is 4.85. The zero-order valence-corrected chi connectivity index (χ0v) is 15.8. The summed E-state index contributed by atoms with van der Waals surface area (Å²) in [4.78, 5) is 20.1. The van der Waals surface area contributed by atoms with E-state index >= 15 is 0 Å². The van der Waals surface area contributed by atoms with Crippen molar-refractivity contribution in [1.82, 2.24) is 19.2 Å². The van der Waals surface area contributed by atoms with Gasteiger partial charge in [-0.3, -0.25) is 15.6 Å². The van der Waals surface area contributed by atoms with Crippen molar-refractivity contribution < 1.29 is 13.9 Å². The molecule has 0 spiro atoms. The number of rotatable bonds is 3. The van der Waals surface area contributed by atoms with Gasteiger partial charge in [0.25, 0.3) is 5.91 Å². The average molecular weight is 402 g/mol. The number of nitrogens with one attached hydrogen (secondary N) is 2. The van der Waals surface area contributed by atoms with E-state index in [9.17, 15) is 9.18 Å². The van der Waals surface area contributed by atoms with Gasteiger partial charge in [0.15, 0.2) is 10.8 Å². The maximum absolute atomic E-state index is 13.0. The predicted octanol–water partition coefficient (Wildman–Crippen LogP) is 1.94. The molecule has 0 bridgehead atoms. The molecule has 1 atom stereocenters. The highest BCUT2D eigenvalue weighted by Gasteiger charge is 2.30. The number of hydrogen-bond donors (Lipinski definition) is 2. The van der Waals surface area contributed by atoms with Crippen LogP contribution < -0.4 is 0 Å². The molecule has 28 heavy (non-hydrogen) atoms. The molecule has 8 nitrogen and oxygen atoms in total. The zero-order valence-electron chi connectivity index (χ0n) is 15.0. The summed E-state index contributed by atoms with van der Waals surface area (Å²) in [5.41, 5.74) is 0.380. The van der Waals surface area contributed by atoms with Crippen LogP contribution >= 0.6 is 11.5 Å². The summed E-state index contributed by atoms with van der Waals surface area (Å²) in [5, 5.41) is 17.2. The third kappa shape index (κ3) is 3.65. The molecule has 0 radical (unpaired) electrons. The lowest BCUT2D eigenvalue weighted by molar-refractivity contribution is 0.0757. The van der Waals surface area contributed by atoms with Crippen LogP contribution in [-0.4, -0.2) is 69.6 Å². The first-order valence-electron chi connectivity index (χ1n) is 8.93. The van der Waals surface area contributed by atoms with E-state index in [0.717, 1.165) is 18.0 Å². The normalized spacial score (nSPS) is 19.9. The minimum absolute atomic E-state index is 0.0840. The molecule has 2 N–H and O–H groups in total. The summed E-state index contributed by atoms with van der Waals surface area (Å²) in [5.74, 6) is 0.481. The van der Waals surface area contributed by atoms with E-state index in [1.807, 2.05) is 0 Å². The Balaban J connectivity index is 1.41. The van der Waals surface area contributed by atoms with Gasteiger partial charge in [-0.25, -0.2) is 9.37 Å². The number of halogens is 1. The van der Waals surface area contributed by atoms with Gasteiger partial charge < -0.3 is 14.5 Å². The summed E-state index contributed by atoms with van der Waals surface area (Å²) < 4.78 is 22.8. The van der Waals surface area contributed by atoms with Crippen LogP contribution in [0.15, 0.2) is 24.3 Å². The summed E-state index contributed by atoms with van der Waals surface area (Å²) in [6.45, 7) is 2.07. The second kappa shape index (κ2) is 7.72. The van der Waals surface area contributed by atoms with Crippen LogP contribution in [0.1, 0.15) is 33.5 Å². The van der Waals surface area contributed by atoms with Crippen molar-refractivity contribution in [2.24, 2.45) is 0 Å². The van der Waals surface area contributed by atoms with E-state index in [0.29, 0.717) is 42.7 Å². The zero-order chi connectivity index (χ0) is 19.7. The van der Waals surface area contributed by atoms with E-state index in [1.54, 1.807) is 4.90 Å². The summed E-state index contributed by atoms with van der Waals surface area (Å²) in [6, 6.07) is 5.36. The lowest BCUT2D eigenvalue weighted by Gasteiger charge is -2.35. The van der Waals surface area contributed by atoms with Gasteiger partial charge in [-0.05, 0) is 42.2 Å². The Morgan fingerprint density at radius 3 is 2.75 bits per heavy atom. The number of hydrogen-bond acceptors (Lipinski definition) is 7. The van der Waals surface area contributed by atoms with Crippen LogP contribution in [0.5, 0.6) is 0 Å². The Morgan fingerprint density at radius 1 is 1.29 bits per heavy atom. The second-order valence-corrected chi connectivity index (χ2v) is 7.45. The predicted molar refractivity (Wildman–Crippen MR) is 102 cm³/mol. The van der Waals surface area contributed by atoms with Crippen LogP contribution in [0.3, 0.4) is 0 Å². The molecular weight excluding hydrogens is 383 g/mol. The Labute approximate surface area is 165 Å². The maximum atomic E-state index is 13.0. The van der Waals surface area contributed by atoms with Crippen molar-refractivity contribution >= 4 is 29.1 Å². The Morgan fingerprint density at radius 2 is 2.07 bits per heavy atom. The fraction of sp³-hybridized carbons (Fsp3) is 0.389. The van der Waals surface area contributed by atoms with Gasteiger partial charge in [0.1, 0.15) is 17.5 Å². The van der Waals surface area contributed by atoms with Crippen LogP contribution in [0.4, 0.5) is 4.39 Å². The van der Waals surface area contributed by atoms with Crippen molar-refractivity contribution in [3.05, 3.63) is 46.5 Å². The molecule has 0 saturated carbocycles. The molecule has 3 heterocycles. The number of piperazine rings is 1. The SMILES string of the molecule is N=C1CN(C(=O)c2ccc(F)cc2)CCN1C(=N)c1nc(C2CCOC2)ns1. The quantitative estimate of drug-likeness (QED) is 0.603. The van der Waals surface area contributed by atoms with Crippen LogP contribution in [-0.2, 0) is 4.74 Å². The van der Waals surface area contributed by atoms with Gasteiger partial charge in [0, 0.05) is 31.2 Å². The topological polar surface area (TPSA) is 106 Å². The van der Waals surface area contributed by atoms with E-state index < -0.39 is 5.82 Å². The van der Waals surface area contributed by atoms with Gasteiger partial charge in [0.05, 0.1) is 13.2 Å². The molecule has 2 aliphatic rings. The van der Waals surface area contributed by atoms with Crippen LogP contribution in [0.25, 0.3) is 0 Å². The lowest BCUT2D eigenvalue weighted by Crippen LogP contribution is -2.53. The van der Waals surface area contributed by atoms with E-state index in [-0.39, 0.29) is 30.0 Å². The van der Waals surface area contributed by atoms with E-state index in [4.69, 9.17) is 15.6 Å². The van der Waals surface area contributed by atoms with E-state index in [2.05, 4.69) is 9.36 Å². The molecule has 1 aromatic heterocycles. The third-order valence-corrected chi connectivity index (χ3v) is 5.58. The molecule has 0 aliphatic carbocycles. The number of benzene rings is 1.